The Hall–Kier alpha value is -1.98. The number of piperidine rings is 1. The molecule has 1 aliphatic rings. The smallest absolute Gasteiger partial charge is 0.305 e. The van der Waals surface area contributed by atoms with Gasteiger partial charge in [0, 0.05) is 18.2 Å². The number of benzene rings is 1. The number of rotatable bonds is 4. The zero-order valence-electron chi connectivity index (χ0n) is 11.5. The molecule has 0 bridgehead atoms. The highest BCUT2D eigenvalue weighted by Gasteiger charge is 2.28. The predicted molar refractivity (Wildman–Crippen MR) is 71.7 cm³/mol. The van der Waals surface area contributed by atoms with E-state index in [4.69, 9.17) is 5.11 Å². The third-order valence-electron chi connectivity index (χ3n) is 3.71. The van der Waals surface area contributed by atoms with E-state index in [1.54, 1.807) is 0 Å². The molecule has 1 heterocycles. The van der Waals surface area contributed by atoms with Gasteiger partial charge < -0.3 is 10.0 Å². The number of carbonyl (C=O) groups is 2. The molecular weight excluding hydrogens is 280 g/mol. The third-order valence-corrected chi connectivity index (χ3v) is 3.71. The van der Waals surface area contributed by atoms with Gasteiger partial charge in [0.1, 0.15) is 11.6 Å². The minimum Gasteiger partial charge on any atom is -0.481 e. The van der Waals surface area contributed by atoms with E-state index >= 15 is 0 Å². The van der Waals surface area contributed by atoms with Gasteiger partial charge in [-0.2, -0.15) is 0 Å². The molecule has 0 aliphatic carbocycles. The zero-order chi connectivity index (χ0) is 15.4. The lowest BCUT2D eigenvalue weighted by molar-refractivity contribution is -0.141. The first kappa shape index (κ1) is 15.4. The Morgan fingerprint density at radius 3 is 2.76 bits per heavy atom. The number of likely N-dealkylation sites (tertiary alicyclic amines) is 1. The van der Waals surface area contributed by atoms with Crippen molar-refractivity contribution in [1.29, 1.82) is 0 Å². The van der Waals surface area contributed by atoms with Gasteiger partial charge in [0.15, 0.2) is 0 Å². The largest absolute Gasteiger partial charge is 0.481 e. The fourth-order valence-corrected chi connectivity index (χ4v) is 2.69. The van der Waals surface area contributed by atoms with Crippen molar-refractivity contribution in [2.24, 2.45) is 0 Å². The molecule has 1 fully saturated rings. The van der Waals surface area contributed by atoms with Crippen LogP contribution >= 0.6 is 0 Å². The van der Waals surface area contributed by atoms with Crippen LogP contribution in [0.15, 0.2) is 18.2 Å². The van der Waals surface area contributed by atoms with Gasteiger partial charge in [-0.3, -0.25) is 9.59 Å². The summed E-state index contributed by atoms with van der Waals surface area (Å²) in [5.41, 5.74) is -0.000325. The topological polar surface area (TPSA) is 57.6 Å². The molecule has 1 aromatic rings. The first-order valence-corrected chi connectivity index (χ1v) is 6.92. The Balaban J connectivity index is 2.10. The summed E-state index contributed by atoms with van der Waals surface area (Å²) in [6, 6.07) is 2.63. The van der Waals surface area contributed by atoms with Gasteiger partial charge in [-0.05, 0) is 37.5 Å². The molecule has 0 saturated carbocycles. The Labute approximate surface area is 121 Å². The van der Waals surface area contributed by atoms with E-state index in [1.165, 1.54) is 4.90 Å². The van der Waals surface area contributed by atoms with Gasteiger partial charge >= 0.3 is 5.97 Å². The molecule has 1 unspecified atom stereocenters. The van der Waals surface area contributed by atoms with Crippen molar-refractivity contribution < 1.29 is 23.5 Å². The Bertz CT molecular complexity index is 548. The summed E-state index contributed by atoms with van der Waals surface area (Å²) in [7, 11) is 0. The van der Waals surface area contributed by atoms with Crippen molar-refractivity contribution in [3.8, 4) is 0 Å². The van der Waals surface area contributed by atoms with Gasteiger partial charge in [0.25, 0.3) is 0 Å². The highest BCUT2D eigenvalue weighted by Crippen LogP contribution is 2.21. The molecule has 1 saturated heterocycles. The number of carbonyl (C=O) groups excluding carboxylic acids is 1. The van der Waals surface area contributed by atoms with Gasteiger partial charge in [-0.25, -0.2) is 8.78 Å². The van der Waals surface area contributed by atoms with Crippen molar-refractivity contribution in [2.45, 2.75) is 38.1 Å². The average Bonchev–Trinajstić information content (AvgIpc) is 2.42. The summed E-state index contributed by atoms with van der Waals surface area (Å²) in [6.07, 6.45) is 1.93. The van der Waals surface area contributed by atoms with Crippen LogP contribution in [0.3, 0.4) is 0 Å². The van der Waals surface area contributed by atoms with E-state index in [2.05, 4.69) is 0 Å². The van der Waals surface area contributed by atoms with Crippen molar-refractivity contribution in [3.05, 3.63) is 35.4 Å². The van der Waals surface area contributed by atoms with Gasteiger partial charge in [-0.15, -0.1) is 0 Å². The number of hydrogen-bond donors (Lipinski definition) is 1. The molecule has 1 amide bonds. The number of aliphatic carboxylic acids is 1. The lowest BCUT2D eigenvalue weighted by Gasteiger charge is -2.35. The first-order chi connectivity index (χ1) is 9.97. The normalized spacial score (nSPS) is 18.6. The van der Waals surface area contributed by atoms with Gasteiger partial charge in [0.05, 0.1) is 12.8 Å². The fourth-order valence-electron chi connectivity index (χ4n) is 2.69. The number of halogens is 2. The van der Waals surface area contributed by atoms with Gasteiger partial charge in [-0.1, -0.05) is 0 Å². The van der Waals surface area contributed by atoms with Crippen molar-refractivity contribution in [2.75, 3.05) is 6.54 Å². The average molecular weight is 297 g/mol. The molecule has 0 spiro atoms. The van der Waals surface area contributed by atoms with E-state index in [9.17, 15) is 18.4 Å². The molecule has 1 N–H and O–H groups in total. The van der Waals surface area contributed by atoms with Crippen LogP contribution in [-0.2, 0) is 16.0 Å². The van der Waals surface area contributed by atoms with Crippen molar-refractivity contribution >= 4 is 11.9 Å². The molecular formula is C15H17F2NO3. The maximum atomic E-state index is 13.6. The number of carboxylic acid groups (broad SMARTS) is 1. The number of carboxylic acids is 1. The second-order valence-corrected chi connectivity index (χ2v) is 5.25. The van der Waals surface area contributed by atoms with Crippen LogP contribution in [0.2, 0.25) is 0 Å². The molecule has 4 nitrogen and oxygen atoms in total. The molecule has 0 radical (unpaired) electrons. The monoisotopic (exact) mass is 297 g/mol. The van der Waals surface area contributed by atoms with E-state index in [1.807, 2.05) is 0 Å². The molecule has 6 heteroatoms. The Morgan fingerprint density at radius 1 is 1.29 bits per heavy atom. The first-order valence-electron chi connectivity index (χ1n) is 6.92. The van der Waals surface area contributed by atoms with E-state index in [0.29, 0.717) is 13.0 Å². The molecule has 1 atom stereocenters. The van der Waals surface area contributed by atoms with E-state index in [0.717, 1.165) is 31.0 Å². The lowest BCUT2D eigenvalue weighted by atomic mass is 9.98. The number of nitrogens with zero attached hydrogens (tertiary/aromatic N) is 1. The van der Waals surface area contributed by atoms with Gasteiger partial charge in [0.2, 0.25) is 5.91 Å². The molecule has 0 aromatic heterocycles. The summed E-state index contributed by atoms with van der Waals surface area (Å²) in [5, 5.41) is 8.89. The highest BCUT2D eigenvalue weighted by atomic mass is 19.1. The summed E-state index contributed by atoms with van der Waals surface area (Å²) in [4.78, 5) is 24.6. The summed E-state index contributed by atoms with van der Waals surface area (Å²) in [6.45, 7) is 0.466. The van der Waals surface area contributed by atoms with E-state index in [-0.39, 0.29) is 30.4 Å². The Morgan fingerprint density at radius 2 is 2.05 bits per heavy atom. The third kappa shape index (κ3) is 4.00. The summed E-state index contributed by atoms with van der Waals surface area (Å²) >= 11 is 0. The maximum absolute atomic E-state index is 13.6. The van der Waals surface area contributed by atoms with Crippen LogP contribution in [0.4, 0.5) is 8.78 Å². The maximum Gasteiger partial charge on any atom is 0.305 e. The van der Waals surface area contributed by atoms with Crippen LogP contribution in [-0.4, -0.2) is 34.5 Å². The molecule has 21 heavy (non-hydrogen) atoms. The molecule has 2 rings (SSSR count). The van der Waals surface area contributed by atoms with Crippen LogP contribution in [0.1, 0.15) is 31.2 Å². The zero-order valence-corrected chi connectivity index (χ0v) is 11.5. The van der Waals surface area contributed by atoms with Crippen molar-refractivity contribution in [3.63, 3.8) is 0 Å². The van der Waals surface area contributed by atoms with Crippen molar-refractivity contribution in [1.82, 2.24) is 4.90 Å². The SMILES string of the molecule is O=C(O)CC1CCCCN1C(=O)Cc1cc(F)ccc1F. The summed E-state index contributed by atoms with van der Waals surface area (Å²) in [5.74, 6) is -2.54. The molecule has 1 aliphatic heterocycles. The Kier molecular flexibility index (Phi) is 4.88. The van der Waals surface area contributed by atoms with Crippen LogP contribution < -0.4 is 0 Å². The van der Waals surface area contributed by atoms with Crippen LogP contribution in [0.25, 0.3) is 0 Å². The predicted octanol–water partition coefficient (Wildman–Crippen LogP) is 2.36. The standard InChI is InChI=1S/C15H17F2NO3/c16-11-4-5-13(17)10(7-11)8-14(19)18-6-2-1-3-12(18)9-15(20)21/h4-5,7,12H,1-3,6,8-9H2,(H,20,21). The highest BCUT2D eigenvalue weighted by molar-refractivity contribution is 5.80. The second-order valence-electron chi connectivity index (χ2n) is 5.25. The molecule has 114 valence electrons. The number of amides is 1. The quantitative estimate of drug-likeness (QED) is 0.928. The number of hydrogen-bond acceptors (Lipinski definition) is 2. The fraction of sp³-hybridized carbons (Fsp3) is 0.467. The van der Waals surface area contributed by atoms with Crippen LogP contribution in [0, 0.1) is 11.6 Å². The lowest BCUT2D eigenvalue weighted by Crippen LogP contribution is -2.45. The van der Waals surface area contributed by atoms with Crippen LogP contribution in [0.5, 0.6) is 0 Å². The second kappa shape index (κ2) is 6.65. The minimum absolute atomic E-state index is 0.000325. The molecule has 1 aromatic carbocycles. The van der Waals surface area contributed by atoms with E-state index < -0.39 is 17.6 Å². The minimum atomic E-state index is -0.961. The summed E-state index contributed by atoms with van der Waals surface area (Å²) < 4.78 is 26.7.